The number of nitrogens with zero attached hydrogens (tertiary/aromatic N) is 2. The van der Waals surface area contributed by atoms with Crippen molar-refractivity contribution in [3.63, 3.8) is 0 Å². The van der Waals surface area contributed by atoms with E-state index in [1.807, 2.05) is 0 Å². The molecule has 17 heavy (non-hydrogen) atoms. The van der Waals surface area contributed by atoms with Crippen LogP contribution in [-0.2, 0) is 10.0 Å². The fourth-order valence-electron chi connectivity index (χ4n) is 1.16. The monoisotopic (exact) mass is 269 g/mol. The third-order valence-electron chi connectivity index (χ3n) is 1.94. The van der Waals surface area contributed by atoms with Crippen molar-refractivity contribution >= 4 is 27.3 Å². The molecule has 88 valence electrons. The number of halogens is 1. The first-order valence-corrected chi connectivity index (χ1v) is 6.48. The minimum atomic E-state index is -3.63. The molecular weight excluding hydrogens is 262 g/mol. The van der Waals surface area contributed by atoms with Gasteiger partial charge in [-0.1, -0.05) is 11.6 Å². The number of anilines is 1. The van der Waals surface area contributed by atoms with Crippen molar-refractivity contribution in [2.75, 3.05) is 4.72 Å². The van der Waals surface area contributed by atoms with Crippen LogP contribution in [0.5, 0.6) is 0 Å². The molecule has 0 spiro atoms. The van der Waals surface area contributed by atoms with Crippen LogP contribution in [0.3, 0.4) is 0 Å². The van der Waals surface area contributed by atoms with E-state index in [0.29, 0.717) is 5.69 Å². The largest absolute Gasteiger partial charge is 0.279 e. The first-order valence-electron chi connectivity index (χ1n) is 4.62. The van der Waals surface area contributed by atoms with Crippen molar-refractivity contribution in [1.29, 1.82) is 0 Å². The Balaban J connectivity index is 2.29. The van der Waals surface area contributed by atoms with Gasteiger partial charge in [-0.25, -0.2) is 13.4 Å². The zero-order chi connectivity index (χ0) is 12.3. The topological polar surface area (TPSA) is 72.0 Å². The lowest BCUT2D eigenvalue weighted by Crippen LogP contribution is -2.13. The molecule has 0 aliphatic carbocycles. The Morgan fingerprint density at radius 3 is 2.41 bits per heavy atom. The maximum absolute atomic E-state index is 11.9. The molecule has 7 heteroatoms. The van der Waals surface area contributed by atoms with Crippen LogP contribution < -0.4 is 4.72 Å². The predicted molar refractivity (Wildman–Crippen MR) is 64.3 cm³/mol. The van der Waals surface area contributed by atoms with Gasteiger partial charge in [0.25, 0.3) is 10.0 Å². The molecule has 0 aromatic carbocycles. The lowest BCUT2D eigenvalue weighted by atomic mass is 10.4. The van der Waals surface area contributed by atoms with Gasteiger partial charge in [-0.2, -0.15) is 0 Å². The van der Waals surface area contributed by atoms with Gasteiger partial charge >= 0.3 is 0 Å². The van der Waals surface area contributed by atoms with Crippen molar-refractivity contribution in [2.45, 2.75) is 4.90 Å². The summed E-state index contributed by atoms with van der Waals surface area (Å²) in [6, 6.07) is 5.92. The van der Waals surface area contributed by atoms with Gasteiger partial charge in [0.15, 0.2) is 0 Å². The van der Waals surface area contributed by atoms with E-state index in [4.69, 9.17) is 11.6 Å². The zero-order valence-corrected chi connectivity index (χ0v) is 10.1. The Hall–Kier alpha value is -1.66. The summed E-state index contributed by atoms with van der Waals surface area (Å²) in [4.78, 5) is 7.57. The van der Waals surface area contributed by atoms with E-state index < -0.39 is 10.0 Å². The second-order valence-corrected chi connectivity index (χ2v) is 5.23. The Morgan fingerprint density at radius 1 is 1.12 bits per heavy atom. The molecule has 0 fully saturated rings. The first kappa shape index (κ1) is 11.8. The normalized spacial score (nSPS) is 11.1. The molecule has 0 radical (unpaired) electrons. The second-order valence-electron chi connectivity index (χ2n) is 3.16. The SMILES string of the molecule is O=S(=O)(Nc1ccncc1)c1ccc(Cl)nc1. The summed E-state index contributed by atoms with van der Waals surface area (Å²) in [5, 5.41) is 0.243. The third kappa shape index (κ3) is 2.92. The smallest absolute Gasteiger partial charge is 0.263 e. The van der Waals surface area contributed by atoms with Crippen molar-refractivity contribution < 1.29 is 8.42 Å². The lowest BCUT2D eigenvalue weighted by Gasteiger charge is -2.06. The fourth-order valence-corrected chi connectivity index (χ4v) is 2.27. The van der Waals surface area contributed by atoms with Crippen LogP contribution in [0.1, 0.15) is 0 Å². The van der Waals surface area contributed by atoms with Gasteiger partial charge < -0.3 is 0 Å². The van der Waals surface area contributed by atoms with E-state index in [-0.39, 0.29) is 10.0 Å². The number of hydrogen-bond donors (Lipinski definition) is 1. The summed E-state index contributed by atoms with van der Waals surface area (Å²) in [6.45, 7) is 0. The van der Waals surface area contributed by atoms with E-state index in [2.05, 4.69) is 14.7 Å². The summed E-state index contributed by atoms with van der Waals surface area (Å²) >= 11 is 5.59. The first-order chi connectivity index (χ1) is 8.08. The maximum atomic E-state index is 11.9. The average Bonchev–Trinajstić information content (AvgIpc) is 2.30. The lowest BCUT2D eigenvalue weighted by molar-refractivity contribution is 0.601. The molecule has 0 amide bonds. The molecule has 2 aromatic rings. The Morgan fingerprint density at radius 2 is 1.82 bits per heavy atom. The van der Waals surface area contributed by atoms with E-state index in [0.717, 1.165) is 0 Å². The highest BCUT2D eigenvalue weighted by Crippen LogP contribution is 2.15. The van der Waals surface area contributed by atoms with E-state index in [9.17, 15) is 8.42 Å². The molecule has 2 heterocycles. The number of sulfonamides is 1. The average molecular weight is 270 g/mol. The van der Waals surface area contributed by atoms with Crippen molar-refractivity contribution in [1.82, 2.24) is 9.97 Å². The molecule has 0 bridgehead atoms. The number of aromatic nitrogens is 2. The van der Waals surface area contributed by atoms with E-state index in [1.165, 1.54) is 30.7 Å². The summed E-state index contributed by atoms with van der Waals surface area (Å²) in [7, 11) is -3.63. The van der Waals surface area contributed by atoms with Crippen LogP contribution in [-0.4, -0.2) is 18.4 Å². The summed E-state index contributed by atoms with van der Waals surface area (Å²) in [5.74, 6) is 0. The standard InChI is InChI=1S/C10H8ClN3O2S/c11-10-2-1-9(7-13-10)17(15,16)14-8-3-5-12-6-4-8/h1-7H,(H,12,14). The highest BCUT2D eigenvalue weighted by Gasteiger charge is 2.14. The van der Waals surface area contributed by atoms with Gasteiger partial charge in [0.05, 0.1) is 5.69 Å². The molecule has 0 atom stereocenters. The van der Waals surface area contributed by atoms with Crippen LogP contribution in [0.4, 0.5) is 5.69 Å². The summed E-state index contributed by atoms with van der Waals surface area (Å²) < 4.78 is 26.2. The van der Waals surface area contributed by atoms with Gasteiger partial charge in [0.1, 0.15) is 10.0 Å². The molecule has 1 N–H and O–H groups in total. The van der Waals surface area contributed by atoms with Crippen molar-refractivity contribution in [2.24, 2.45) is 0 Å². The molecule has 2 rings (SSSR count). The van der Waals surface area contributed by atoms with Gasteiger partial charge in [-0.05, 0) is 24.3 Å². The van der Waals surface area contributed by atoms with Crippen LogP contribution in [0, 0.1) is 0 Å². The highest BCUT2D eigenvalue weighted by atomic mass is 35.5. The number of hydrogen-bond acceptors (Lipinski definition) is 4. The quantitative estimate of drug-likeness (QED) is 0.864. The van der Waals surface area contributed by atoms with Crippen molar-refractivity contribution in [3.8, 4) is 0 Å². The molecule has 5 nitrogen and oxygen atoms in total. The minimum Gasteiger partial charge on any atom is -0.279 e. The second kappa shape index (κ2) is 4.68. The van der Waals surface area contributed by atoms with Crippen LogP contribution >= 0.6 is 11.6 Å². The van der Waals surface area contributed by atoms with Crippen molar-refractivity contribution in [3.05, 3.63) is 48.0 Å². The Labute approximate surface area is 104 Å². The van der Waals surface area contributed by atoms with Crippen LogP contribution in [0.15, 0.2) is 47.8 Å². The molecule has 0 aliphatic heterocycles. The molecule has 0 unspecified atom stereocenters. The van der Waals surface area contributed by atoms with Crippen LogP contribution in [0.2, 0.25) is 5.15 Å². The summed E-state index contributed by atoms with van der Waals surface area (Å²) in [6.07, 6.45) is 4.20. The van der Waals surface area contributed by atoms with Gasteiger partial charge in [-0.3, -0.25) is 9.71 Å². The van der Waals surface area contributed by atoms with Gasteiger partial charge in [0, 0.05) is 18.6 Å². The Kier molecular flexibility index (Phi) is 3.26. The highest BCUT2D eigenvalue weighted by molar-refractivity contribution is 7.92. The van der Waals surface area contributed by atoms with Gasteiger partial charge in [-0.15, -0.1) is 0 Å². The Bertz CT molecular complexity index is 599. The number of rotatable bonds is 3. The molecule has 0 aliphatic rings. The van der Waals surface area contributed by atoms with Crippen LogP contribution in [0.25, 0.3) is 0 Å². The van der Waals surface area contributed by atoms with E-state index >= 15 is 0 Å². The maximum Gasteiger partial charge on any atom is 0.263 e. The van der Waals surface area contributed by atoms with Gasteiger partial charge in [0.2, 0.25) is 0 Å². The third-order valence-corrected chi connectivity index (χ3v) is 3.53. The minimum absolute atomic E-state index is 0.0544. The molecule has 0 saturated heterocycles. The zero-order valence-electron chi connectivity index (χ0n) is 8.54. The summed E-state index contributed by atoms with van der Waals surface area (Å²) in [5.41, 5.74) is 0.440. The number of nitrogens with one attached hydrogen (secondary N) is 1. The predicted octanol–water partition coefficient (Wildman–Crippen LogP) is 1.93. The molecule has 2 aromatic heterocycles. The molecular formula is C10H8ClN3O2S. The fraction of sp³-hybridized carbons (Fsp3) is 0. The van der Waals surface area contributed by atoms with E-state index in [1.54, 1.807) is 12.1 Å². The number of pyridine rings is 2. The molecule has 0 saturated carbocycles.